The van der Waals surface area contributed by atoms with Crippen LogP contribution in [0.1, 0.15) is 18.1 Å². The van der Waals surface area contributed by atoms with Gasteiger partial charge in [-0.3, -0.25) is 0 Å². The van der Waals surface area contributed by atoms with Crippen LogP contribution in [-0.4, -0.2) is 18.5 Å². The quantitative estimate of drug-likeness (QED) is 0.597. The molecule has 0 unspecified atom stereocenters. The first-order valence-electron chi connectivity index (χ1n) is 7.17. The molecule has 0 N–H and O–H groups in total. The Morgan fingerprint density at radius 1 is 1.22 bits per heavy atom. The number of aliphatic imine (C=N–C) groups is 1. The lowest BCUT2D eigenvalue weighted by Crippen LogP contribution is -2.05. The molecule has 23 heavy (non-hydrogen) atoms. The van der Waals surface area contributed by atoms with Gasteiger partial charge in [0.05, 0.1) is 6.61 Å². The van der Waals surface area contributed by atoms with E-state index in [1.54, 1.807) is 6.08 Å². The van der Waals surface area contributed by atoms with Crippen molar-refractivity contribution >= 4 is 33.9 Å². The topological polar surface area (TPSA) is 47.9 Å². The van der Waals surface area contributed by atoms with E-state index in [-0.39, 0.29) is 5.70 Å². The SMILES string of the molecule is CCOc1ccccc1/C=C1/N=C(c2cccc(Br)c2)OC1=O. The number of carbonyl (C=O) groups is 1. The highest BCUT2D eigenvalue weighted by atomic mass is 79.9. The molecule has 2 aromatic rings. The molecule has 0 fully saturated rings. The van der Waals surface area contributed by atoms with Crippen molar-refractivity contribution < 1.29 is 14.3 Å². The zero-order valence-corrected chi connectivity index (χ0v) is 14.0. The molecular formula is C18H14BrNO3. The summed E-state index contributed by atoms with van der Waals surface area (Å²) in [5.41, 5.74) is 1.79. The summed E-state index contributed by atoms with van der Waals surface area (Å²) in [6.45, 7) is 2.47. The van der Waals surface area contributed by atoms with E-state index in [2.05, 4.69) is 20.9 Å². The van der Waals surface area contributed by atoms with Crippen LogP contribution >= 0.6 is 15.9 Å². The fourth-order valence-corrected chi connectivity index (χ4v) is 2.59. The maximum absolute atomic E-state index is 12.1. The van der Waals surface area contributed by atoms with Gasteiger partial charge in [-0.05, 0) is 37.3 Å². The largest absolute Gasteiger partial charge is 0.493 e. The molecule has 0 aliphatic carbocycles. The molecule has 2 aromatic carbocycles. The fourth-order valence-electron chi connectivity index (χ4n) is 2.19. The Labute approximate surface area is 142 Å². The number of hydrogen-bond acceptors (Lipinski definition) is 4. The van der Waals surface area contributed by atoms with Gasteiger partial charge in [0.15, 0.2) is 5.70 Å². The minimum Gasteiger partial charge on any atom is -0.493 e. The van der Waals surface area contributed by atoms with Crippen LogP contribution in [-0.2, 0) is 9.53 Å². The van der Waals surface area contributed by atoms with Crippen molar-refractivity contribution in [2.24, 2.45) is 4.99 Å². The summed E-state index contributed by atoms with van der Waals surface area (Å²) in [6.07, 6.45) is 1.68. The Hall–Kier alpha value is -2.40. The number of hydrogen-bond donors (Lipinski definition) is 0. The lowest BCUT2D eigenvalue weighted by atomic mass is 10.1. The van der Waals surface area contributed by atoms with Crippen LogP contribution < -0.4 is 4.74 Å². The number of nitrogens with zero attached hydrogens (tertiary/aromatic N) is 1. The second kappa shape index (κ2) is 6.79. The van der Waals surface area contributed by atoms with Crippen LogP contribution in [0.2, 0.25) is 0 Å². The maximum Gasteiger partial charge on any atom is 0.363 e. The molecule has 3 rings (SSSR count). The highest BCUT2D eigenvalue weighted by Gasteiger charge is 2.24. The molecule has 0 aromatic heterocycles. The molecule has 0 radical (unpaired) electrons. The van der Waals surface area contributed by atoms with Crippen molar-refractivity contribution in [2.75, 3.05) is 6.61 Å². The van der Waals surface area contributed by atoms with E-state index >= 15 is 0 Å². The van der Waals surface area contributed by atoms with Crippen LogP contribution in [0.5, 0.6) is 5.75 Å². The van der Waals surface area contributed by atoms with Gasteiger partial charge in [0.25, 0.3) is 0 Å². The molecular weight excluding hydrogens is 358 g/mol. The predicted molar refractivity (Wildman–Crippen MR) is 92.4 cm³/mol. The summed E-state index contributed by atoms with van der Waals surface area (Å²) >= 11 is 3.39. The summed E-state index contributed by atoms with van der Waals surface area (Å²) in [7, 11) is 0. The molecule has 1 heterocycles. The number of para-hydroxylation sites is 1. The second-order valence-electron chi connectivity index (χ2n) is 4.82. The highest BCUT2D eigenvalue weighted by molar-refractivity contribution is 9.10. The Morgan fingerprint density at radius 2 is 2.04 bits per heavy atom. The molecule has 4 nitrogen and oxygen atoms in total. The normalized spacial score (nSPS) is 15.5. The van der Waals surface area contributed by atoms with Crippen LogP contribution in [0.3, 0.4) is 0 Å². The average Bonchev–Trinajstić information content (AvgIpc) is 2.91. The summed E-state index contributed by atoms with van der Waals surface area (Å²) < 4.78 is 11.7. The zero-order valence-electron chi connectivity index (χ0n) is 12.5. The van der Waals surface area contributed by atoms with Gasteiger partial charge in [0, 0.05) is 15.6 Å². The Morgan fingerprint density at radius 3 is 2.83 bits per heavy atom. The second-order valence-corrected chi connectivity index (χ2v) is 5.73. The minimum absolute atomic E-state index is 0.257. The van der Waals surface area contributed by atoms with Crippen LogP contribution in [0.4, 0.5) is 0 Å². The maximum atomic E-state index is 12.1. The van der Waals surface area contributed by atoms with Crippen molar-refractivity contribution in [1.82, 2.24) is 0 Å². The van der Waals surface area contributed by atoms with Crippen molar-refractivity contribution in [2.45, 2.75) is 6.92 Å². The Balaban J connectivity index is 1.95. The van der Waals surface area contributed by atoms with E-state index in [4.69, 9.17) is 9.47 Å². The lowest BCUT2D eigenvalue weighted by molar-refractivity contribution is -0.129. The van der Waals surface area contributed by atoms with Gasteiger partial charge in [0.2, 0.25) is 5.90 Å². The van der Waals surface area contributed by atoms with Gasteiger partial charge in [-0.25, -0.2) is 9.79 Å². The fraction of sp³-hybridized carbons (Fsp3) is 0.111. The van der Waals surface area contributed by atoms with Gasteiger partial charge in [0.1, 0.15) is 5.75 Å². The number of rotatable bonds is 4. The number of benzene rings is 2. The summed E-state index contributed by atoms with van der Waals surface area (Å²) in [5, 5.41) is 0. The molecule has 0 bridgehead atoms. The van der Waals surface area contributed by atoms with Crippen LogP contribution in [0.25, 0.3) is 6.08 Å². The Bertz CT molecular complexity index is 811. The van der Waals surface area contributed by atoms with Gasteiger partial charge in [-0.2, -0.15) is 0 Å². The van der Waals surface area contributed by atoms with E-state index in [0.29, 0.717) is 18.3 Å². The van der Waals surface area contributed by atoms with E-state index < -0.39 is 5.97 Å². The molecule has 116 valence electrons. The van der Waals surface area contributed by atoms with Gasteiger partial charge < -0.3 is 9.47 Å². The number of cyclic esters (lactones) is 1. The minimum atomic E-state index is -0.466. The standard InChI is InChI=1S/C18H14BrNO3/c1-2-22-16-9-4-3-6-12(16)11-15-18(21)23-17(20-15)13-7-5-8-14(19)10-13/h3-11H,2H2,1H3/b15-11+. The third-order valence-corrected chi connectivity index (χ3v) is 3.70. The van der Waals surface area contributed by atoms with Gasteiger partial charge >= 0.3 is 5.97 Å². The first-order valence-corrected chi connectivity index (χ1v) is 7.97. The monoisotopic (exact) mass is 371 g/mol. The summed E-state index contributed by atoms with van der Waals surface area (Å²) in [4.78, 5) is 16.4. The van der Waals surface area contributed by atoms with E-state index in [9.17, 15) is 4.79 Å². The predicted octanol–water partition coefficient (Wildman–Crippen LogP) is 4.19. The Kier molecular flexibility index (Phi) is 4.57. The van der Waals surface area contributed by atoms with Crippen LogP contribution in [0, 0.1) is 0 Å². The first kappa shape index (κ1) is 15.5. The van der Waals surface area contributed by atoms with Crippen molar-refractivity contribution in [3.8, 4) is 5.75 Å². The van der Waals surface area contributed by atoms with Gasteiger partial charge in [-0.15, -0.1) is 0 Å². The molecule has 0 atom stereocenters. The molecule has 0 spiro atoms. The summed E-state index contributed by atoms with van der Waals surface area (Å²) in [6, 6.07) is 15.0. The molecule has 1 aliphatic rings. The van der Waals surface area contributed by atoms with Crippen molar-refractivity contribution in [3.63, 3.8) is 0 Å². The smallest absolute Gasteiger partial charge is 0.363 e. The van der Waals surface area contributed by atoms with Crippen molar-refractivity contribution in [3.05, 3.63) is 69.8 Å². The highest BCUT2D eigenvalue weighted by Crippen LogP contribution is 2.25. The van der Waals surface area contributed by atoms with E-state index in [1.165, 1.54) is 0 Å². The first-order chi connectivity index (χ1) is 11.2. The summed E-state index contributed by atoms with van der Waals surface area (Å²) in [5.74, 6) is 0.545. The lowest BCUT2D eigenvalue weighted by Gasteiger charge is -2.06. The molecule has 0 saturated carbocycles. The molecule has 0 saturated heterocycles. The number of halogens is 1. The number of ether oxygens (including phenoxy) is 2. The van der Waals surface area contributed by atoms with E-state index in [1.807, 2.05) is 55.5 Å². The van der Waals surface area contributed by atoms with Gasteiger partial charge in [-0.1, -0.05) is 40.2 Å². The third-order valence-electron chi connectivity index (χ3n) is 3.20. The average molecular weight is 372 g/mol. The number of esters is 1. The molecule has 5 heteroatoms. The third kappa shape index (κ3) is 3.51. The zero-order chi connectivity index (χ0) is 16.2. The molecule has 0 amide bonds. The molecule has 1 aliphatic heterocycles. The van der Waals surface area contributed by atoms with E-state index in [0.717, 1.165) is 15.6 Å². The van der Waals surface area contributed by atoms with Crippen LogP contribution in [0.15, 0.2) is 63.7 Å². The van der Waals surface area contributed by atoms with Crippen molar-refractivity contribution in [1.29, 1.82) is 0 Å². The number of carbonyl (C=O) groups excluding carboxylic acids is 1.